The van der Waals surface area contributed by atoms with Crippen molar-refractivity contribution in [2.24, 2.45) is 0 Å². The van der Waals surface area contributed by atoms with Crippen molar-refractivity contribution in [3.63, 3.8) is 0 Å². The lowest BCUT2D eigenvalue weighted by Gasteiger charge is -2.13. The second-order valence-electron chi connectivity index (χ2n) is 4.76. The van der Waals surface area contributed by atoms with E-state index in [1.165, 1.54) is 12.1 Å². The average Bonchev–Trinajstić information content (AvgIpc) is 2.42. The topological polar surface area (TPSA) is 96.0 Å². The van der Waals surface area contributed by atoms with Crippen LogP contribution in [0, 0.1) is 25.2 Å². The number of anilines is 2. The highest BCUT2D eigenvalue weighted by atomic mass is 32.2. The maximum Gasteiger partial charge on any atom is 0.262 e. The molecule has 0 radical (unpaired) electrons. The number of nitrogens with zero attached hydrogens (tertiary/aromatic N) is 1. The molecule has 6 heteroatoms. The van der Waals surface area contributed by atoms with Gasteiger partial charge in [-0.1, -0.05) is 6.07 Å². The summed E-state index contributed by atoms with van der Waals surface area (Å²) in [6.07, 6.45) is 0. The van der Waals surface area contributed by atoms with Crippen LogP contribution < -0.4 is 10.5 Å². The molecule has 0 bridgehead atoms. The van der Waals surface area contributed by atoms with Crippen LogP contribution in [0.2, 0.25) is 0 Å². The summed E-state index contributed by atoms with van der Waals surface area (Å²) in [7, 11) is -3.75. The zero-order chi connectivity index (χ0) is 15.6. The number of nitriles is 1. The molecule has 3 N–H and O–H groups in total. The van der Waals surface area contributed by atoms with Crippen molar-refractivity contribution in [1.82, 2.24) is 0 Å². The highest BCUT2D eigenvalue weighted by Gasteiger charge is 2.19. The van der Waals surface area contributed by atoms with Crippen molar-refractivity contribution in [3.05, 3.63) is 53.1 Å². The van der Waals surface area contributed by atoms with Gasteiger partial charge in [-0.25, -0.2) is 8.42 Å². The number of hydrogen-bond acceptors (Lipinski definition) is 4. The molecule has 0 spiro atoms. The van der Waals surface area contributed by atoms with Crippen LogP contribution in [0.15, 0.2) is 41.3 Å². The molecule has 0 fully saturated rings. The lowest BCUT2D eigenvalue weighted by atomic mass is 10.1. The normalized spacial score (nSPS) is 10.9. The van der Waals surface area contributed by atoms with Crippen molar-refractivity contribution in [2.75, 3.05) is 10.5 Å². The van der Waals surface area contributed by atoms with Crippen LogP contribution in [0.1, 0.15) is 16.7 Å². The molecule has 5 nitrogen and oxygen atoms in total. The second kappa shape index (κ2) is 5.46. The van der Waals surface area contributed by atoms with E-state index in [0.29, 0.717) is 22.5 Å². The SMILES string of the molecule is Cc1cc(N)cc(S(=O)(=O)Nc2cccc(C#N)c2)c1C. The first kappa shape index (κ1) is 14.9. The molecule has 2 aromatic carbocycles. The molecular formula is C15H15N3O2S. The molecule has 0 aromatic heterocycles. The van der Waals surface area contributed by atoms with Crippen molar-refractivity contribution in [3.8, 4) is 6.07 Å². The summed E-state index contributed by atoms with van der Waals surface area (Å²) in [5.41, 5.74) is 8.30. The predicted octanol–water partition coefficient (Wildman–Crippen LogP) is 2.56. The van der Waals surface area contributed by atoms with Crippen LogP contribution >= 0.6 is 0 Å². The molecule has 0 aliphatic carbocycles. The van der Waals surface area contributed by atoms with Crippen molar-refractivity contribution in [1.29, 1.82) is 5.26 Å². The smallest absolute Gasteiger partial charge is 0.262 e. The Kier molecular flexibility index (Phi) is 3.87. The Morgan fingerprint density at radius 1 is 1.19 bits per heavy atom. The molecule has 0 saturated heterocycles. The number of nitrogens with two attached hydrogens (primary N) is 1. The molecule has 21 heavy (non-hydrogen) atoms. The minimum Gasteiger partial charge on any atom is -0.399 e. The standard InChI is InChI=1S/C15H15N3O2S/c1-10-6-13(17)8-15(11(10)2)21(19,20)18-14-5-3-4-12(7-14)9-16/h3-8,18H,17H2,1-2H3. The van der Waals surface area contributed by atoms with Crippen molar-refractivity contribution in [2.45, 2.75) is 18.7 Å². The van der Waals surface area contributed by atoms with Gasteiger partial charge in [0.15, 0.2) is 0 Å². The Morgan fingerprint density at radius 2 is 1.90 bits per heavy atom. The highest BCUT2D eigenvalue weighted by Crippen LogP contribution is 2.24. The number of rotatable bonds is 3. The monoisotopic (exact) mass is 301 g/mol. The molecule has 0 unspecified atom stereocenters. The fourth-order valence-electron chi connectivity index (χ4n) is 2.00. The van der Waals surface area contributed by atoms with E-state index < -0.39 is 10.0 Å². The van der Waals surface area contributed by atoms with Crippen LogP contribution in [0.25, 0.3) is 0 Å². The Bertz CT molecular complexity index is 836. The molecule has 0 aliphatic heterocycles. The summed E-state index contributed by atoms with van der Waals surface area (Å²) in [5.74, 6) is 0. The number of hydrogen-bond donors (Lipinski definition) is 2. The van der Waals surface area contributed by atoms with Crippen LogP contribution in [0.3, 0.4) is 0 Å². The van der Waals surface area contributed by atoms with Gasteiger partial charge in [0.2, 0.25) is 0 Å². The third-order valence-corrected chi connectivity index (χ3v) is 4.68. The predicted molar refractivity (Wildman–Crippen MR) is 82.3 cm³/mol. The zero-order valence-electron chi connectivity index (χ0n) is 11.7. The number of nitrogen functional groups attached to an aromatic ring is 1. The Balaban J connectivity index is 2.46. The first-order chi connectivity index (χ1) is 9.83. The molecule has 2 rings (SSSR count). The summed E-state index contributed by atoms with van der Waals surface area (Å²) >= 11 is 0. The van der Waals surface area contributed by atoms with Gasteiger partial charge >= 0.3 is 0 Å². The Labute approximate surface area is 124 Å². The minimum absolute atomic E-state index is 0.141. The lowest BCUT2D eigenvalue weighted by molar-refractivity contribution is 0.600. The fraction of sp³-hybridized carbons (Fsp3) is 0.133. The van der Waals surface area contributed by atoms with E-state index in [9.17, 15) is 8.42 Å². The Morgan fingerprint density at radius 3 is 2.57 bits per heavy atom. The van der Waals surface area contributed by atoms with E-state index in [2.05, 4.69) is 4.72 Å². The average molecular weight is 301 g/mol. The molecular weight excluding hydrogens is 286 g/mol. The van der Waals surface area contributed by atoms with Gasteiger partial charge in [0, 0.05) is 5.69 Å². The first-order valence-corrected chi connectivity index (χ1v) is 7.71. The summed E-state index contributed by atoms with van der Waals surface area (Å²) < 4.78 is 27.4. The largest absolute Gasteiger partial charge is 0.399 e. The fourth-order valence-corrected chi connectivity index (χ4v) is 3.40. The van der Waals surface area contributed by atoms with E-state index >= 15 is 0 Å². The van der Waals surface area contributed by atoms with Crippen LogP contribution in [0.4, 0.5) is 11.4 Å². The van der Waals surface area contributed by atoms with Gasteiger partial charge in [-0.2, -0.15) is 5.26 Å². The van der Waals surface area contributed by atoms with Crippen molar-refractivity contribution >= 4 is 21.4 Å². The summed E-state index contributed by atoms with van der Waals surface area (Å²) in [6, 6.07) is 11.4. The van der Waals surface area contributed by atoms with Gasteiger partial charge < -0.3 is 5.73 Å². The zero-order valence-corrected chi connectivity index (χ0v) is 12.5. The number of benzene rings is 2. The summed E-state index contributed by atoms with van der Waals surface area (Å²) in [6.45, 7) is 3.54. The lowest BCUT2D eigenvalue weighted by Crippen LogP contribution is -2.15. The van der Waals surface area contributed by atoms with E-state index in [1.54, 1.807) is 38.1 Å². The molecule has 0 heterocycles. The maximum atomic E-state index is 12.5. The molecule has 0 amide bonds. The van der Waals surface area contributed by atoms with E-state index in [-0.39, 0.29) is 4.90 Å². The van der Waals surface area contributed by atoms with Gasteiger partial charge in [-0.15, -0.1) is 0 Å². The highest BCUT2D eigenvalue weighted by molar-refractivity contribution is 7.92. The van der Waals surface area contributed by atoms with Crippen LogP contribution in [-0.2, 0) is 10.0 Å². The van der Waals surface area contributed by atoms with E-state index in [0.717, 1.165) is 5.56 Å². The van der Waals surface area contributed by atoms with Crippen molar-refractivity contribution < 1.29 is 8.42 Å². The third-order valence-electron chi connectivity index (χ3n) is 3.18. The number of sulfonamides is 1. The van der Waals surface area contributed by atoms with E-state index in [4.69, 9.17) is 11.0 Å². The molecule has 2 aromatic rings. The first-order valence-electron chi connectivity index (χ1n) is 6.23. The van der Waals surface area contributed by atoms with Gasteiger partial charge in [0.25, 0.3) is 10.0 Å². The number of nitrogens with one attached hydrogen (secondary N) is 1. The Hall–Kier alpha value is -2.52. The van der Waals surface area contributed by atoms with Crippen LogP contribution in [-0.4, -0.2) is 8.42 Å². The van der Waals surface area contributed by atoms with Crippen LogP contribution in [0.5, 0.6) is 0 Å². The summed E-state index contributed by atoms with van der Waals surface area (Å²) in [5, 5.41) is 8.85. The molecule has 0 saturated carbocycles. The quantitative estimate of drug-likeness (QED) is 0.851. The third kappa shape index (κ3) is 3.15. The minimum atomic E-state index is -3.75. The molecule has 108 valence electrons. The van der Waals surface area contributed by atoms with Gasteiger partial charge in [0.05, 0.1) is 22.2 Å². The van der Waals surface area contributed by atoms with Gasteiger partial charge in [0.1, 0.15) is 0 Å². The number of aryl methyl sites for hydroxylation is 1. The van der Waals surface area contributed by atoms with Gasteiger partial charge in [-0.05, 0) is 55.3 Å². The van der Waals surface area contributed by atoms with E-state index in [1.807, 2.05) is 6.07 Å². The molecule has 0 aliphatic rings. The second-order valence-corrected chi connectivity index (χ2v) is 6.41. The molecule has 0 atom stereocenters. The van der Waals surface area contributed by atoms with Gasteiger partial charge in [-0.3, -0.25) is 4.72 Å². The summed E-state index contributed by atoms with van der Waals surface area (Å²) in [4.78, 5) is 0.141. The maximum absolute atomic E-state index is 12.5.